The van der Waals surface area contributed by atoms with E-state index in [9.17, 15) is 27.9 Å². The number of benzene rings is 3. The number of carboxylic acid groups (broad SMARTS) is 1. The van der Waals surface area contributed by atoms with Crippen LogP contribution in [0.15, 0.2) is 83.8 Å². The van der Waals surface area contributed by atoms with Crippen molar-refractivity contribution in [3.05, 3.63) is 84.4 Å². The Morgan fingerprint density at radius 3 is 2.09 bits per heavy atom. The number of carbonyl (C=O) groups excluding carboxylic acids is 2. The molecule has 1 saturated heterocycles. The maximum atomic E-state index is 13.4. The molecular weight excluding hydrogens is 620 g/mol. The van der Waals surface area contributed by atoms with Crippen molar-refractivity contribution >= 4 is 33.5 Å². The molecule has 2 atom stereocenters. The van der Waals surface area contributed by atoms with Crippen LogP contribution in [0, 0.1) is 11.3 Å². The fourth-order valence-corrected chi connectivity index (χ4v) is 6.45. The van der Waals surface area contributed by atoms with E-state index in [1.165, 1.54) is 24.3 Å². The van der Waals surface area contributed by atoms with Gasteiger partial charge in [0.2, 0.25) is 11.8 Å². The van der Waals surface area contributed by atoms with Crippen LogP contribution in [0.4, 0.5) is 5.69 Å². The van der Waals surface area contributed by atoms with E-state index in [-0.39, 0.29) is 11.3 Å². The maximum absolute atomic E-state index is 13.4. The van der Waals surface area contributed by atoms with E-state index in [2.05, 4.69) is 15.5 Å². The average Bonchev–Trinajstić information content (AvgIpc) is 3.03. The molecule has 3 aromatic rings. The summed E-state index contributed by atoms with van der Waals surface area (Å²) in [5, 5.41) is 16.7. The largest absolute Gasteiger partial charge is 0.481 e. The minimum atomic E-state index is -3.82. The molecule has 11 nitrogen and oxygen atoms in total. The van der Waals surface area contributed by atoms with E-state index in [4.69, 9.17) is 4.74 Å². The number of sulfonamides is 1. The predicted molar refractivity (Wildman–Crippen MR) is 180 cm³/mol. The standard InChI is InChI=1S/C35H44N4O7S/c1-35(2,3)32(34(43)36-29-16-18-30(19-17-29)47(44,45)38-39-20-22-46-23-21-39)37-33(42)28(24-31(40)41)11-7-8-25-12-14-27(15-13-25)26-9-5-4-6-10-26/h4-6,9-10,12-19,28,32,38H,7-8,11,20-24H2,1-3H3,(H,36,43)(H,37,42)(H,40,41). The van der Waals surface area contributed by atoms with Gasteiger partial charge in [0, 0.05) is 24.7 Å². The Morgan fingerprint density at radius 1 is 0.872 bits per heavy atom. The van der Waals surface area contributed by atoms with Gasteiger partial charge in [0.15, 0.2) is 0 Å². The molecule has 2 unspecified atom stereocenters. The van der Waals surface area contributed by atoms with Gasteiger partial charge in [-0.15, -0.1) is 4.83 Å². The van der Waals surface area contributed by atoms with E-state index in [1.807, 2.05) is 54.6 Å². The van der Waals surface area contributed by atoms with Crippen molar-refractivity contribution in [2.24, 2.45) is 11.3 Å². The van der Waals surface area contributed by atoms with Crippen LogP contribution in [-0.2, 0) is 35.6 Å². The van der Waals surface area contributed by atoms with Gasteiger partial charge < -0.3 is 20.5 Å². The number of nitrogens with zero attached hydrogens (tertiary/aromatic N) is 1. The van der Waals surface area contributed by atoms with Gasteiger partial charge >= 0.3 is 5.97 Å². The van der Waals surface area contributed by atoms with Crippen molar-refractivity contribution in [3.8, 4) is 11.1 Å². The number of nitrogens with one attached hydrogen (secondary N) is 3. The number of ether oxygens (including phenoxy) is 1. The SMILES string of the molecule is CC(C)(C)C(NC(=O)C(CCCc1ccc(-c2ccccc2)cc1)CC(=O)O)C(=O)Nc1ccc(S(=O)(=O)NN2CCOCC2)cc1. The lowest BCUT2D eigenvalue weighted by molar-refractivity contribution is -0.141. The lowest BCUT2D eigenvalue weighted by atomic mass is 9.85. The Morgan fingerprint density at radius 2 is 1.49 bits per heavy atom. The highest BCUT2D eigenvalue weighted by Crippen LogP contribution is 2.25. The summed E-state index contributed by atoms with van der Waals surface area (Å²) in [5.41, 5.74) is 2.95. The van der Waals surface area contributed by atoms with Crippen molar-refractivity contribution < 1.29 is 32.6 Å². The van der Waals surface area contributed by atoms with E-state index < -0.39 is 45.2 Å². The van der Waals surface area contributed by atoms with E-state index in [0.717, 1.165) is 16.7 Å². The van der Waals surface area contributed by atoms with Crippen LogP contribution in [0.2, 0.25) is 0 Å². The van der Waals surface area contributed by atoms with Crippen molar-refractivity contribution in [3.63, 3.8) is 0 Å². The van der Waals surface area contributed by atoms with Crippen LogP contribution in [0.1, 0.15) is 45.6 Å². The monoisotopic (exact) mass is 664 g/mol. The number of rotatable bonds is 14. The summed E-state index contributed by atoms with van der Waals surface area (Å²) >= 11 is 0. The lowest BCUT2D eigenvalue weighted by Crippen LogP contribution is -2.53. The van der Waals surface area contributed by atoms with Gasteiger partial charge in [0.1, 0.15) is 6.04 Å². The first-order valence-electron chi connectivity index (χ1n) is 15.7. The second-order valence-electron chi connectivity index (χ2n) is 12.8. The minimum absolute atomic E-state index is 0.0336. The van der Waals surface area contributed by atoms with Crippen molar-refractivity contribution in [2.45, 2.75) is 57.4 Å². The van der Waals surface area contributed by atoms with Gasteiger partial charge in [-0.05, 0) is 65.6 Å². The molecule has 252 valence electrons. The molecule has 0 bridgehead atoms. The number of aliphatic carboxylic acids is 1. The molecule has 2 amide bonds. The molecule has 3 aromatic carbocycles. The number of anilines is 1. The number of carbonyl (C=O) groups is 3. The zero-order valence-corrected chi connectivity index (χ0v) is 27.9. The molecule has 4 N–H and O–H groups in total. The number of aryl methyl sites for hydroxylation is 1. The Balaban J connectivity index is 1.36. The molecule has 0 saturated carbocycles. The molecule has 0 aliphatic carbocycles. The number of hydrazine groups is 1. The van der Waals surface area contributed by atoms with Crippen molar-refractivity contribution in [1.29, 1.82) is 0 Å². The molecule has 0 aromatic heterocycles. The van der Waals surface area contributed by atoms with Crippen LogP contribution >= 0.6 is 0 Å². The Labute approximate surface area is 276 Å². The highest BCUT2D eigenvalue weighted by molar-refractivity contribution is 7.89. The van der Waals surface area contributed by atoms with Gasteiger partial charge in [-0.25, -0.2) is 13.4 Å². The quantitative estimate of drug-likeness (QED) is 0.197. The minimum Gasteiger partial charge on any atom is -0.481 e. The second kappa shape index (κ2) is 16.1. The first-order valence-corrected chi connectivity index (χ1v) is 17.2. The van der Waals surface area contributed by atoms with Gasteiger partial charge in [0.25, 0.3) is 10.0 Å². The summed E-state index contributed by atoms with van der Waals surface area (Å²) in [7, 11) is -3.82. The molecule has 47 heavy (non-hydrogen) atoms. The molecular formula is C35H44N4O7S. The van der Waals surface area contributed by atoms with E-state index in [1.54, 1.807) is 25.8 Å². The molecule has 4 rings (SSSR count). The topological polar surface area (TPSA) is 154 Å². The number of carboxylic acids is 1. The fourth-order valence-electron chi connectivity index (χ4n) is 5.33. The third-order valence-electron chi connectivity index (χ3n) is 7.98. The predicted octanol–water partition coefficient (Wildman–Crippen LogP) is 4.46. The highest BCUT2D eigenvalue weighted by Gasteiger charge is 2.35. The van der Waals surface area contributed by atoms with Crippen LogP contribution in [0.3, 0.4) is 0 Å². The molecule has 1 aliphatic rings. The van der Waals surface area contributed by atoms with Crippen molar-refractivity contribution in [2.75, 3.05) is 31.6 Å². The van der Waals surface area contributed by atoms with Crippen LogP contribution in [0.5, 0.6) is 0 Å². The highest BCUT2D eigenvalue weighted by atomic mass is 32.2. The third kappa shape index (κ3) is 10.7. The molecule has 0 radical (unpaired) electrons. The smallest absolute Gasteiger partial charge is 0.304 e. The number of hydrogen-bond donors (Lipinski definition) is 4. The molecule has 0 spiro atoms. The normalized spacial score (nSPS) is 15.4. The first-order chi connectivity index (χ1) is 22.3. The zero-order valence-electron chi connectivity index (χ0n) is 27.1. The maximum Gasteiger partial charge on any atom is 0.304 e. The average molecular weight is 665 g/mol. The summed E-state index contributed by atoms with van der Waals surface area (Å²) in [6, 6.07) is 23.0. The molecule has 1 fully saturated rings. The fraction of sp³-hybridized carbons (Fsp3) is 0.400. The summed E-state index contributed by atoms with van der Waals surface area (Å²) < 4.78 is 30.8. The third-order valence-corrected chi connectivity index (χ3v) is 9.37. The summed E-state index contributed by atoms with van der Waals surface area (Å²) in [5.74, 6) is -2.91. The van der Waals surface area contributed by atoms with Gasteiger partial charge in [-0.1, -0.05) is 75.4 Å². The van der Waals surface area contributed by atoms with Gasteiger partial charge in [-0.2, -0.15) is 0 Å². The first kappa shape index (κ1) is 35.7. The molecule has 12 heteroatoms. The number of amides is 2. The lowest BCUT2D eigenvalue weighted by Gasteiger charge is -2.31. The summed E-state index contributed by atoms with van der Waals surface area (Å²) in [6.45, 7) is 7.13. The zero-order chi connectivity index (χ0) is 34.0. The molecule has 1 heterocycles. The van der Waals surface area contributed by atoms with E-state index >= 15 is 0 Å². The Hall–Kier alpha value is -4.10. The Bertz CT molecular complexity index is 1600. The Kier molecular flexibility index (Phi) is 12.3. The van der Waals surface area contributed by atoms with Crippen LogP contribution in [-0.4, -0.2) is 68.7 Å². The summed E-state index contributed by atoms with van der Waals surface area (Å²) in [4.78, 5) is 41.1. The second-order valence-corrected chi connectivity index (χ2v) is 14.4. The number of morpholine rings is 1. The summed E-state index contributed by atoms with van der Waals surface area (Å²) in [6.07, 6.45) is 1.25. The van der Waals surface area contributed by atoms with Crippen LogP contribution < -0.4 is 15.5 Å². The van der Waals surface area contributed by atoms with Gasteiger partial charge in [0.05, 0.1) is 24.5 Å². The van der Waals surface area contributed by atoms with Crippen molar-refractivity contribution in [1.82, 2.24) is 15.2 Å². The molecule has 1 aliphatic heterocycles. The van der Waals surface area contributed by atoms with Crippen LogP contribution in [0.25, 0.3) is 11.1 Å². The van der Waals surface area contributed by atoms with Gasteiger partial charge in [-0.3, -0.25) is 14.4 Å². The van der Waals surface area contributed by atoms with E-state index in [0.29, 0.717) is 51.3 Å². The number of hydrogen-bond acceptors (Lipinski definition) is 7.